The standard InChI is InChI=1S/C17H33N3O/c1-5-17(3,4)19-16(21)13(2)20-10-8-14(9-11-20)12-18-15-6-7-15/h13-15,18H,5-12H2,1-4H3,(H,19,21). The summed E-state index contributed by atoms with van der Waals surface area (Å²) in [7, 11) is 0. The molecule has 2 rings (SSSR count). The minimum Gasteiger partial charge on any atom is -0.350 e. The number of amides is 1. The lowest BCUT2D eigenvalue weighted by Crippen LogP contribution is -2.53. The monoisotopic (exact) mass is 295 g/mol. The average molecular weight is 295 g/mol. The van der Waals surface area contributed by atoms with E-state index in [0.717, 1.165) is 31.5 Å². The van der Waals surface area contributed by atoms with Gasteiger partial charge in [-0.2, -0.15) is 0 Å². The molecule has 2 fully saturated rings. The van der Waals surface area contributed by atoms with E-state index in [1.54, 1.807) is 0 Å². The Kier molecular flexibility index (Phi) is 5.67. The highest BCUT2D eigenvalue weighted by molar-refractivity contribution is 5.82. The van der Waals surface area contributed by atoms with Gasteiger partial charge in [-0.3, -0.25) is 9.69 Å². The van der Waals surface area contributed by atoms with Crippen molar-refractivity contribution >= 4 is 5.91 Å². The Bertz CT molecular complexity index is 344. The summed E-state index contributed by atoms with van der Waals surface area (Å²) < 4.78 is 0. The maximum absolute atomic E-state index is 12.4. The minimum atomic E-state index is -0.0994. The Morgan fingerprint density at radius 3 is 2.38 bits per heavy atom. The summed E-state index contributed by atoms with van der Waals surface area (Å²) in [6, 6.07) is 0.803. The van der Waals surface area contributed by atoms with E-state index in [-0.39, 0.29) is 17.5 Å². The molecule has 4 nitrogen and oxygen atoms in total. The molecule has 1 saturated carbocycles. The fourth-order valence-corrected chi connectivity index (χ4v) is 2.86. The van der Waals surface area contributed by atoms with Gasteiger partial charge in [0.05, 0.1) is 6.04 Å². The summed E-state index contributed by atoms with van der Waals surface area (Å²) in [5.41, 5.74) is -0.0994. The number of likely N-dealkylation sites (tertiary alicyclic amines) is 1. The van der Waals surface area contributed by atoms with Crippen LogP contribution in [0.15, 0.2) is 0 Å². The van der Waals surface area contributed by atoms with Gasteiger partial charge >= 0.3 is 0 Å². The molecule has 0 spiro atoms. The van der Waals surface area contributed by atoms with Crippen LogP contribution in [-0.2, 0) is 4.79 Å². The van der Waals surface area contributed by atoms with Crippen molar-refractivity contribution < 1.29 is 4.79 Å². The molecule has 0 aromatic rings. The summed E-state index contributed by atoms with van der Waals surface area (Å²) in [6.07, 6.45) is 6.12. The second kappa shape index (κ2) is 7.10. The number of rotatable bonds is 7. The van der Waals surface area contributed by atoms with Gasteiger partial charge in [0.25, 0.3) is 0 Å². The maximum Gasteiger partial charge on any atom is 0.237 e. The number of carbonyl (C=O) groups is 1. The quantitative estimate of drug-likeness (QED) is 0.756. The van der Waals surface area contributed by atoms with Crippen LogP contribution in [0.5, 0.6) is 0 Å². The minimum absolute atomic E-state index is 0.00633. The fourth-order valence-electron chi connectivity index (χ4n) is 2.86. The van der Waals surface area contributed by atoms with Gasteiger partial charge in [0.2, 0.25) is 5.91 Å². The van der Waals surface area contributed by atoms with Crippen molar-refractivity contribution in [2.75, 3.05) is 19.6 Å². The highest BCUT2D eigenvalue weighted by Crippen LogP contribution is 2.22. The molecule has 1 amide bonds. The third kappa shape index (κ3) is 5.26. The van der Waals surface area contributed by atoms with E-state index < -0.39 is 0 Å². The Labute approximate surface area is 130 Å². The Morgan fingerprint density at radius 2 is 1.86 bits per heavy atom. The van der Waals surface area contributed by atoms with Gasteiger partial charge in [-0.15, -0.1) is 0 Å². The van der Waals surface area contributed by atoms with Crippen LogP contribution < -0.4 is 10.6 Å². The van der Waals surface area contributed by atoms with E-state index in [9.17, 15) is 4.79 Å². The highest BCUT2D eigenvalue weighted by Gasteiger charge is 2.29. The molecule has 2 aliphatic rings. The van der Waals surface area contributed by atoms with Crippen molar-refractivity contribution in [2.45, 2.75) is 77.4 Å². The normalized spacial score (nSPS) is 23.0. The van der Waals surface area contributed by atoms with Crippen molar-refractivity contribution in [3.8, 4) is 0 Å². The molecule has 2 N–H and O–H groups in total. The van der Waals surface area contributed by atoms with Crippen molar-refractivity contribution in [3.63, 3.8) is 0 Å². The van der Waals surface area contributed by atoms with Crippen LogP contribution in [0.4, 0.5) is 0 Å². The maximum atomic E-state index is 12.4. The van der Waals surface area contributed by atoms with Gasteiger partial charge in [0, 0.05) is 11.6 Å². The molecule has 1 unspecified atom stereocenters. The van der Waals surface area contributed by atoms with Gasteiger partial charge in [0.1, 0.15) is 0 Å². The van der Waals surface area contributed by atoms with Gasteiger partial charge in [-0.25, -0.2) is 0 Å². The van der Waals surface area contributed by atoms with E-state index in [1.807, 2.05) is 6.92 Å². The van der Waals surface area contributed by atoms with Crippen LogP contribution in [0.3, 0.4) is 0 Å². The number of hydrogen-bond donors (Lipinski definition) is 2. The molecule has 21 heavy (non-hydrogen) atoms. The topological polar surface area (TPSA) is 44.4 Å². The van der Waals surface area contributed by atoms with Gasteiger partial charge in [-0.05, 0) is 78.4 Å². The summed E-state index contributed by atoms with van der Waals surface area (Å²) >= 11 is 0. The third-order valence-electron chi connectivity index (χ3n) is 5.19. The van der Waals surface area contributed by atoms with Gasteiger partial charge < -0.3 is 10.6 Å². The molecule has 0 radical (unpaired) electrons. The van der Waals surface area contributed by atoms with Crippen LogP contribution in [0.2, 0.25) is 0 Å². The number of nitrogens with one attached hydrogen (secondary N) is 2. The SMILES string of the molecule is CCC(C)(C)NC(=O)C(C)N1CCC(CNC2CC2)CC1. The first-order valence-corrected chi connectivity index (χ1v) is 8.70. The third-order valence-corrected chi connectivity index (χ3v) is 5.19. The van der Waals surface area contributed by atoms with Crippen LogP contribution in [-0.4, -0.2) is 48.1 Å². The predicted molar refractivity (Wildman–Crippen MR) is 87.3 cm³/mol. The lowest BCUT2D eigenvalue weighted by atomic mass is 9.95. The molecule has 1 heterocycles. The number of piperidine rings is 1. The fraction of sp³-hybridized carbons (Fsp3) is 0.941. The summed E-state index contributed by atoms with van der Waals surface area (Å²) in [4.78, 5) is 14.7. The second-order valence-electron chi connectivity index (χ2n) is 7.56. The van der Waals surface area contributed by atoms with Crippen molar-refractivity contribution in [3.05, 3.63) is 0 Å². The smallest absolute Gasteiger partial charge is 0.237 e. The first kappa shape index (κ1) is 16.8. The van der Waals surface area contributed by atoms with E-state index in [4.69, 9.17) is 0 Å². The molecule has 1 aliphatic heterocycles. The molecule has 1 saturated heterocycles. The average Bonchev–Trinajstić information content (AvgIpc) is 3.28. The van der Waals surface area contributed by atoms with Crippen LogP contribution in [0.25, 0.3) is 0 Å². The largest absolute Gasteiger partial charge is 0.350 e. The summed E-state index contributed by atoms with van der Waals surface area (Å²) in [5, 5.41) is 6.80. The van der Waals surface area contributed by atoms with Crippen LogP contribution in [0, 0.1) is 5.92 Å². The van der Waals surface area contributed by atoms with E-state index >= 15 is 0 Å². The van der Waals surface area contributed by atoms with Crippen molar-refractivity contribution in [2.24, 2.45) is 5.92 Å². The number of hydrogen-bond acceptors (Lipinski definition) is 3. The first-order valence-electron chi connectivity index (χ1n) is 8.70. The summed E-state index contributed by atoms with van der Waals surface area (Å²) in [5.74, 6) is 0.973. The van der Waals surface area contributed by atoms with Crippen molar-refractivity contribution in [1.82, 2.24) is 15.5 Å². The zero-order chi connectivity index (χ0) is 15.5. The first-order chi connectivity index (χ1) is 9.91. The van der Waals surface area contributed by atoms with E-state index in [0.29, 0.717) is 0 Å². The second-order valence-corrected chi connectivity index (χ2v) is 7.56. The highest BCUT2D eigenvalue weighted by atomic mass is 16.2. The van der Waals surface area contributed by atoms with E-state index in [1.165, 1.54) is 32.2 Å². The van der Waals surface area contributed by atoms with Crippen molar-refractivity contribution in [1.29, 1.82) is 0 Å². The zero-order valence-electron chi connectivity index (χ0n) is 14.2. The Hall–Kier alpha value is -0.610. The van der Waals surface area contributed by atoms with Gasteiger partial charge in [0.15, 0.2) is 0 Å². The van der Waals surface area contributed by atoms with E-state index in [2.05, 4.69) is 36.3 Å². The molecular formula is C17H33N3O. The van der Waals surface area contributed by atoms with Crippen LogP contribution >= 0.6 is 0 Å². The lowest BCUT2D eigenvalue weighted by Gasteiger charge is -2.37. The molecule has 0 aromatic carbocycles. The molecule has 1 atom stereocenters. The molecule has 1 aliphatic carbocycles. The van der Waals surface area contributed by atoms with Gasteiger partial charge in [-0.1, -0.05) is 6.92 Å². The molecular weight excluding hydrogens is 262 g/mol. The number of nitrogens with zero attached hydrogens (tertiary/aromatic N) is 1. The molecule has 4 heteroatoms. The molecule has 0 bridgehead atoms. The molecule has 122 valence electrons. The lowest BCUT2D eigenvalue weighted by molar-refractivity contribution is -0.128. The summed E-state index contributed by atoms with van der Waals surface area (Å²) in [6.45, 7) is 11.6. The number of carbonyl (C=O) groups excluding carboxylic acids is 1. The molecule has 0 aromatic heterocycles. The van der Waals surface area contributed by atoms with Crippen LogP contribution in [0.1, 0.15) is 59.8 Å². The Balaban J connectivity index is 1.71. The zero-order valence-corrected chi connectivity index (χ0v) is 14.2. The Morgan fingerprint density at radius 1 is 1.24 bits per heavy atom. The predicted octanol–water partition coefficient (Wildman–Crippen LogP) is 2.14.